The predicted octanol–water partition coefficient (Wildman–Crippen LogP) is 8.10. The summed E-state index contributed by atoms with van der Waals surface area (Å²) in [7, 11) is -1.73. The van der Waals surface area contributed by atoms with Gasteiger partial charge in [-0.15, -0.1) is 0 Å². The number of unbranched alkanes of at least 4 members (excludes halogenated alkanes) is 2. The molecule has 5 heteroatoms. The van der Waals surface area contributed by atoms with E-state index in [-0.39, 0.29) is 0 Å². The molecule has 0 N–H and O–H groups in total. The third kappa shape index (κ3) is 7.66. The molecule has 1 aliphatic heterocycles. The molecular weight excluding hydrogens is 690 g/mol. The molecule has 3 rings (SSSR count). The van der Waals surface area contributed by atoms with Gasteiger partial charge >= 0.3 is 250 Å². The van der Waals surface area contributed by atoms with E-state index in [1.807, 2.05) is 16.2 Å². The van der Waals surface area contributed by atoms with E-state index in [2.05, 4.69) is 90.2 Å². The molecule has 0 spiro atoms. The van der Waals surface area contributed by atoms with Gasteiger partial charge in [-0.1, -0.05) is 0 Å². The van der Waals surface area contributed by atoms with Crippen molar-refractivity contribution in [2.45, 2.75) is 127 Å². The van der Waals surface area contributed by atoms with Crippen LogP contribution in [0.5, 0.6) is 0 Å². The van der Waals surface area contributed by atoms with Gasteiger partial charge in [0.1, 0.15) is 0 Å². The van der Waals surface area contributed by atoms with E-state index in [1.54, 1.807) is 9.75 Å². The van der Waals surface area contributed by atoms with Crippen molar-refractivity contribution in [3.8, 4) is 9.75 Å². The fourth-order valence-electron chi connectivity index (χ4n) is 6.08. The van der Waals surface area contributed by atoms with Crippen molar-refractivity contribution >= 4 is 89.2 Å². The summed E-state index contributed by atoms with van der Waals surface area (Å²) in [6, 6.07) is 8.76. The van der Waals surface area contributed by atoms with Crippen LogP contribution < -0.4 is 16.2 Å². The molecule has 0 bridgehead atoms. The van der Waals surface area contributed by atoms with E-state index in [1.165, 1.54) is 63.5 Å². The summed E-state index contributed by atoms with van der Waals surface area (Å²) in [6.07, 6.45) is 11.2. The van der Waals surface area contributed by atoms with Crippen LogP contribution in [0.4, 0.5) is 0 Å². The first-order chi connectivity index (χ1) is 16.8. The molecule has 3 heterocycles. The summed E-state index contributed by atoms with van der Waals surface area (Å²) < 4.78 is 5.53. The van der Waals surface area contributed by atoms with Gasteiger partial charge in [-0.3, -0.25) is 0 Å². The Morgan fingerprint density at radius 3 is 1.40 bits per heavy atom. The topological polar surface area (TPSA) is 0 Å². The van der Waals surface area contributed by atoms with Gasteiger partial charge in [0, 0.05) is 0 Å². The van der Waals surface area contributed by atoms with Crippen LogP contribution in [-0.4, -0.2) is 50.4 Å². The van der Waals surface area contributed by atoms with Gasteiger partial charge < -0.3 is 0 Å². The molecule has 0 nitrogen and oxygen atoms in total. The van der Waals surface area contributed by atoms with Crippen LogP contribution in [0.15, 0.2) is 12.1 Å². The Balaban J connectivity index is 2.15. The maximum absolute atomic E-state index is 2.84. The minimum absolute atomic E-state index is 0.464. The van der Waals surface area contributed by atoms with E-state index >= 15 is 0 Å². The van der Waals surface area contributed by atoms with Crippen molar-refractivity contribution in [1.29, 1.82) is 0 Å². The summed E-state index contributed by atoms with van der Waals surface area (Å²) in [6.45, 7) is 19.6. The van der Waals surface area contributed by atoms with Crippen molar-refractivity contribution in [2.24, 2.45) is 11.8 Å². The van der Waals surface area contributed by atoms with Crippen molar-refractivity contribution in [2.75, 3.05) is 0 Å². The summed E-state index contributed by atoms with van der Waals surface area (Å²) in [4.78, 5) is 3.58. The molecule has 35 heavy (non-hydrogen) atoms. The minimum atomic E-state index is -1.73. The molecule has 2 atom stereocenters. The SMILES string of the molecule is CCCCC(CC)C[Si]1(CC(CC)CCCC)c2c[c]([Sn][CH](C)C)sc2-c2s[c]([Sn][CH](C)C)cc21. The fraction of sp³-hybridized carbons (Fsp3) is 0.733. The Hall–Kier alpha value is 1.21. The van der Waals surface area contributed by atoms with Crippen LogP contribution in [0.2, 0.25) is 20.0 Å². The molecule has 2 unspecified atom stereocenters. The molecule has 2 aromatic rings. The average molecular weight is 740 g/mol. The molecular formula is C30H50S2SiSn2. The fourth-order valence-corrected chi connectivity index (χ4v) is 27.4. The van der Waals surface area contributed by atoms with Gasteiger partial charge in [0.25, 0.3) is 0 Å². The number of hydrogen-bond donors (Lipinski definition) is 0. The molecule has 0 fully saturated rings. The zero-order chi connectivity index (χ0) is 25.6. The van der Waals surface area contributed by atoms with E-state index in [0.717, 1.165) is 19.7 Å². The van der Waals surface area contributed by atoms with Crippen LogP contribution >= 0.6 is 22.7 Å². The van der Waals surface area contributed by atoms with Gasteiger partial charge in [-0.05, 0) is 0 Å². The first-order valence-electron chi connectivity index (χ1n) is 14.6. The second-order valence-corrected chi connectivity index (χ2v) is 31.2. The summed E-state index contributed by atoms with van der Waals surface area (Å²) in [5, 5.41) is 3.87. The Kier molecular flexibility index (Phi) is 12.8. The van der Waals surface area contributed by atoms with Crippen LogP contribution in [0.1, 0.15) is 107 Å². The molecule has 1 aliphatic rings. The predicted molar refractivity (Wildman–Crippen MR) is 170 cm³/mol. The van der Waals surface area contributed by atoms with E-state index in [4.69, 9.17) is 0 Å². The Labute approximate surface area is 247 Å². The molecule has 0 amide bonds. The third-order valence-corrected chi connectivity index (χ3v) is 24.8. The Morgan fingerprint density at radius 2 is 1.09 bits per heavy atom. The van der Waals surface area contributed by atoms with Crippen molar-refractivity contribution in [1.82, 2.24) is 0 Å². The molecule has 0 saturated carbocycles. The van der Waals surface area contributed by atoms with Gasteiger partial charge in [-0.2, -0.15) is 0 Å². The number of hydrogen-bond acceptors (Lipinski definition) is 2. The standard InChI is InChI=1S/C24H36S2Si.2C3H7.2Sn/c1-5-9-11-19(7-3)17-27(18-20(8-4)12-10-6-2)21-13-15-25-23(21)24-22(27)14-16-26-24;2*1-3-2;;/h13-14,19-20H,5-12,17-18H2,1-4H3;2*3H,1-2H3;;. The quantitative estimate of drug-likeness (QED) is 0.153. The van der Waals surface area contributed by atoms with Crippen molar-refractivity contribution in [3.05, 3.63) is 12.1 Å². The molecule has 2 aromatic heterocycles. The van der Waals surface area contributed by atoms with E-state index in [9.17, 15) is 0 Å². The van der Waals surface area contributed by atoms with Gasteiger partial charge in [0.05, 0.1) is 0 Å². The second kappa shape index (κ2) is 14.6. The number of fused-ring (bicyclic) bond motifs is 3. The molecule has 0 aliphatic carbocycles. The normalized spacial score (nSPS) is 16.2. The second-order valence-electron chi connectivity index (χ2n) is 11.6. The monoisotopic (exact) mass is 742 g/mol. The van der Waals surface area contributed by atoms with Crippen molar-refractivity contribution in [3.63, 3.8) is 0 Å². The zero-order valence-corrected chi connectivity index (χ0v) is 32.2. The zero-order valence-electron chi connectivity index (χ0n) is 23.9. The molecule has 4 radical (unpaired) electrons. The van der Waals surface area contributed by atoms with Gasteiger partial charge in [-0.25, -0.2) is 0 Å². The van der Waals surface area contributed by atoms with E-state index < -0.39 is 50.4 Å². The van der Waals surface area contributed by atoms with Gasteiger partial charge in [0.15, 0.2) is 0 Å². The van der Waals surface area contributed by atoms with Crippen LogP contribution in [0, 0.1) is 11.8 Å². The number of thiophene rings is 2. The Morgan fingerprint density at radius 1 is 0.686 bits per heavy atom. The summed E-state index contributed by atoms with van der Waals surface area (Å²) >= 11 is 3.62. The van der Waals surface area contributed by atoms with Crippen LogP contribution in [-0.2, 0) is 0 Å². The van der Waals surface area contributed by atoms with E-state index in [0.29, 0.717) is 0 Å². The third-order valence-electron chi connectivity index (χ3n) is 7.92. The molecule has 0 aromatic carbocycles. The van der Waals surface area contributed by atoms with Crippen LogP contribution in [0.25, 0.3) is 9.75 Å². The maximum atomic E-state index is 2.84. The average Bonchev–Trinajstić information content (AvgIpc) is 3.46. The van der Waals surface area contributed by atoms with Gasteiger partial charge in [0.2, 0.25) is 0 Å². The molecule has 194 valence electrons. The molecule has 0 saturated heterocycles. The van der Waals surface area contributed by atoms with Crippen molar-refractivity contribution < 1.29 is 0 Å². The summed E-state index contributed by atoms with van der Waals surface area (Å²) in [5.41, 5.74) is 0. The van der Waals surface area contributed by atoms with Crippen LogP contribution in [0.3, 0.4) is 0 Å². The first kappa shape index (κ1) is 30.8. The first-order valence-corrected chi connectivity index (χ1v) is 24.8. The summed E-state index contributed by atoms with van der Waals surface area (Å²) in [5.74, 6) is 1.84. The Bertz CT molecular complexity index is 839. The number of rotatable bonds is 16.